The van der Waals surface area contributed by atoms with Gasteiger partial charge in [0.2, 0.25) is 0 Å². The number of hydrogen-bond acceptors (Lipinski definition) is 4. The van der Waals surface area contributed by atoms with Crippen molar-refractivity contribution in [3.63, 3.8) is 0 Å². The molecule has 3 N–H and O–H groups in total. The molecular weight excluding hydrogens is 405 g/mol. The number of carboxylic acid groups (broad SMARTS) is 1. The van der Waals surface area contributed by atoms with E-state index in [0.29, 0.717) is 0 Å². The van der Waals surface area contributed by atoms with Crippen LogP contribution in [-0.2, 0) is 17.6 Å². The third kappa shape index (κ3) is 5.32. The van der Waals surface area contributed by atoms with Crippen molar-refractivity contribution >= 4 is 11.7 Å². The SMILES string of the molecule is C[C@@H](CN[C@H](c1ccccc1)[C@H]1CNc2cc(F)cnc2C1)c1cccc(CC(=O)O)c1. The lowest BCUT2D eigenvalue weighted by Crippen LogP contribution is -2.37. The van der Waals surface area contributed by atoms with E-state index in [0.717, 1.165) is 42.0 Å². The molecule has 1 aromatic heterocycles. The number of carbonyl (C=O) groups is 1. The number of aliphatic carboxylic acids is 1. The number of rotatable bonds is 8. The lowest BCUT2D eigenvalue weighted by Gasteiger charge is -2.33. The van der Waals surface area contributed by atoms with Gasteiger partial charge in [0.1, 0.15) is 5.82 Å². The molecule has 0 saturated heterocycles. The maximum Gasteiger partial charge on any atom is 0.307 e. The summed E-state index contributed by atoms with van der Waals surface area (Å²) >= 11 is 0. The minimum atomic E-state index is -0.823. The van der Waals surface area contributed by atoms with Gasteiger partial charge in [0.05, 0.1) is 24.0 Å². The summed E-state index contributed by atoms with van der Waals surface area (Å²) < 4.78 is 13.5. The second kappa shape index (κ2) is 9.92. The van der Waals surface area contributed by atoms with Gasteiger partial charge in [-0.2, -0.15) is 0 Å². The van der Waals surface area contributed by atoms with Crippen molar-refractivity contribution in [3.05, 3.63) is 95.1 Å². The highest BCUT2D eigenvalue weighted by Crippen LogP contribution is 2.32. The second-order valence-electron chi connectivity index (χ2n) is 8.51. The molecule has 0 bridgehead atoms. The van der Waals surface area contributed by atoms with Gasteiger partial charge in [-0.15, -0.1) is 0 Å². The summed E-state index contributed by atoms with van der Waals surface area (Å²) in [5.41, 5.74) is 4.80. The van der Waals surface area contributed by atoms with E-state index in [1.54, 1.807) is 0 Å². The number of hydrogen-bond donors (Lipinski definition) is 3. The second-order valence-corrected chi connectivity index (χ2v) is 8.51. The first-order valence-electron chi connectivity index (χ1n) is 11.0. The van der Waals surface area contributed by atoms with Crippen LogP contribution in [0.25, 0.3) is 0 Å². The highest BCUT2D eigenvalue weighted by molar-refractivity contribution is 5.70. The van der Waals surface area contributed by atoms with Gasteiger partial charge < -0.3 is 15.7 Å². The molecule has 1 aliphatic rings. The number of halogens is 1. The zero-order valence-electron chi connectivity index (χ0n) is 18.1. The van der Waals surface area contributed by atoms with E-state index in [1.165, 1.54) is 17.8 Å². The van der Waals surface area contributed by atoms with Crippen molar-refractivity contribution in [3.8, 4) is 0 Å². The third-order valence-electron chi connectivity index (χ3n) is 6.10. The van der Waals surface area contributed by atoms with Crippen LogP contribution >= 0.6 is 0 Å². The Morgan fingerprint density at radius 3 is 2.75 bits per heavy atom. The molecule has 3 aromatic rings. The predicted molar refractivity (Wildman–Crippen MR) is 123 cm³/mol. The molecule has 0 unspecified atom stereocenters. The third-order valence-corrected chi connectivity index (χ3v) is 6.10. The molecule has 6 heteroatoms. The minimum Gasteiger partial charge on any atom is -0.481 e. The molecule has 0 amide bonds. The summed E-state index contributed by atoms with van der Waals surface area (Å²) in [6.07, 6.45) is 2.07. The number of fused-ring (bicyclic) bond motifs is 1. The van der Waals surface area contributed by atoms with Gasteiger partial charge >= 0.3 is 5.97 Å². The molecule has 0 radical (unpaired) electrons. The van der Waals surface area contributed by atoms with Crippen LogP contribution in [-0.4, -0.2) is 29.1 Å². The number of anilines is 1. The Balaban J connectivity index is 1.50. The first kappa shape index (κ1) is 22.0. The molecule has 0 fully saturated rings. The van der Waals surface area contributed by atoms with Gasteiger partial charge in [-0.05, 0) is 29.0 Å². The number of carboxylic acids is 1. The first-order chi connectivity index (χ1) is 15.5. The van der Waals surface area contributed by atoms with Gasteiger partial charge in [-0.1, -0.05) is 61.5 Å². The molecular formula is C26H28FN3O2. The highest BCUT2D eigenvalue weighted by Gasteiger charge is 2.28. The van der Waals surface area contributed by atoms with Gasteiger partial charge in [0.25, 0.3) is 0 Å². The quantitative estimate of drug-likeness (QED) is 0.485. The van der Waals surface area contributed by atoms with Crippen LogP contribution in [0.1, 0.15) is 41.3 Å². The number of pyridine rings is 1. The minimum absolute atomic E-state index is 0.0291. The monoisotopic (exact) mass is 433 g/mol. The van der Waals surface area contributed by atoms with Crippen LogP contribution in [0.15, 0.2) is 66.9 Å². The first-order valence-corrected chi connectivity index (χ1v) is 11.0. The van der Waals surface area contributed by atoms with E-state index in [4.69, 9.17) is 5.11 Å². The molecule has 0 aliphatic carbocycles. The normalized spacial score (nSPS) is 17.1. The maximum atomic E-state index is 13.5. The van der Waals surface area contributed by atoms with Gasteiger partial charge in [-0.25, -0.2) is 4.39 Å². The van der Waals surface area contributed by atoms with Crippen LogP contribution < -0.4 is 10.6 Å². The number of aromatic nitrogens is 1. The van der Waals surface area contributed by atoms with Crippen LogP contribution in [0.4, 0.5) is 10.1 Å². The van der Waals surface area contributed by atoms with E-state index in [9.17, 15) is 9.18 Å². The number of nitrogens with zero attached hydrogens (tertiary/aromatic N) is 1. The Labute approximate surface area is 187 Å². The molecule has 2 aromatic carbocycles. The smallest absolute Gasteiger partial charge is 0.307 e. The Kier molecular flexibility index (Phi) is 6.81. The molecule has 32 heavy (non-hydrogen) atoms. The van der Waals surface area contributed by atoms with Crippen LogP contribution in [0.3, 0.4) is 0 Å². The van der Waals surface area contributed by atoms with E-state index >= 15 is 0 Å². The molecule has 5 nitrogen and oxygen atoms in total. The molecule has 3 atom stereocenters. The van der Waals surface area contributed by atoms with E-state index in [-0.39, 0.29) is 30.1 Å². The highest BCUT2D eigenvalue weighted by atomic mass is 19.1. The summed E-state index contributed by atoms with van der Waals surface area (Å²) in [6, 6.07) is 19.8. The fourth-order valence-electron chi connectivity index (χ4n) is 4.40. The van der Waals surface area contributed by atoms with Crippen LogP contribution in [0.2, 0.25) is 0 Å². The molecule has 0 saturated carbocycles. The standard InChI is InChI=1S/C26H28FN3O2/c1-17(20-9-5-6-18(10-20)11-25(31)32)14-30-26(19-7-3-2-4-8-19)21-12-23-24(28-15-21)13-22(27)16-29-23/h2-10,13,16-17,21,26,28,30H,11-12,14-15H2,1H3,(H,31,32)/t17-,21+,26+/m0/s1. The fourth-order valence-corrected chi connectivity index (χ4v) is 4.40. The number of benzene rings is 2. The maximum absolute atomic E-state index is 13.5. The molecule has 4 rings (SSSR count). The average molecular weight is 434 g/mol. The summed E-state index contributed by atoms with van der Waals surface area (Å²) in [7, 11) is 0. The Morgan fingerprint density at radius 1 is 1.19 bits per heavy atom. The lowest BCUT2D eigenvalue weighted by molar-refractivity contribution is -0.136. The number of nitrogens with one attached hydrogen (secondary N) is 2. The van der Waals surface area contributed by atoms with Crippen LogP contribution in [0.5, 0.6) is 0 Å². The van der Waals surface area contributed by atoms with E-state index in [2.05, 4.69) is 34.7 Å². The van der Waals surface area contributed by atoms with Crippen molar-refractivity contribution in [1.82, 2.24) is 10.3 Å². The van der Waals surface area contributed by atoms with Crippen molar-refractivity contribution in [2.24, 2.45) is 5.92 Å². The summed E-state index contributed by atoms with van der Waals surface area (Å²) in [6.45, 7) is 3.62. The Hall–Kier alpha value is -3.25. The summed E-state index contributed by atoms with van der Waals surface area (Å²) in [5, 5.41) is 16.2. The fraction of sp³-hybridized carbons (Fsp3) is 0.308. The average Bonchev–Trinajstić information content (AvgIpc) is 2.79. The zero-order chi connectivity index (χ0) is 22.5. The Bertz CT molecular complexity index is 1070. The summed E-state index contributed by atoms with van der Waals surface area (Å²) in [5.74, 6) is -0.679. The van der Waals surface area contributed by atoms with Gasteiger partial charge in [0, 0.05) is 31.1 Å². The molecule has 0 spiro atoms. The van der Waals surface area contributed by atoms with Crippen molar-refractivity contribution in [2.45, 2.75) is 31.7 Å². The van der Waals surface area contributed by atoms with Crippen molar-refractivity contribution in [1.29, 1.82) is 0 Å². The largest absolute Gasteiger partial charge is 0.481 e. The summed E-state index contributed by atoms with van der Waals surface area (Å²) in [4.78, 5) is 15.4. The molecule has 166 valence electrons. The van der Waals surface area contributed by atoms with Gasteiger partial charge in [-0.3, -0.25) is 9.78 Å². The Morgan fingerprint density at radius 2 is 1.97 bits per heavy atom. The lowest BCUT2D eigenvalue weighted by atomic mass is 9.86. The predicted octanol–water partition coefficient (Wildman–Crippen LogP) is 4.57. The van der Waals surface area contributed by atoms with Crippen molar-refractivity contribution in [2.75, 3.05) is 18.4 Å². The van der Waals surface area contributed by atoms with E-state index in [1.807, 2.05) is 42.5 Å². The molecule has 1 aliphatic heterocycles. The molecule has 2 heterocycles. The topological polar surface area (TPSA) is 74.2 Å². The van der Waals surface area contributed by atoms with E-state index < -0.39 is 5.97 Å². The van der Waals surface area contributed by atoms with Gasteiger partial charge in [0.15, 0.2) is 0 Å². The zero-order valence-corrected chi connectivity index (χ0v) is 18.1. The van der Waals surface area contributed by atoms with Crippen molar-refractivity contribution < 1.29 is 14.3 Å². The van der Waals surface area contributed by atoms with Crippen LogP contribution in [0, 0.1) is 11.7 Å².